The van der Waals surface area contributed by atoms with Gasteiger partial charge in [0.15, 0.2) is 11.6 Å². The molecular weight excluding hydrogens is 551 g/mol. The molecule has 5 rings (SSSR count). The van der Waals surface area contributed by atoms with Gasteiger partial charge in [-0.15, -0.1) is 0 Å². The average Bonchev–Trinajstić information content (AvgIpc) is 3.69. The topological polar surface area (TPSA) is 104 Å². The number of hydrogen-bond donors (Lipinski definition) is 2. The van der Waals surface area contributed by atoms with Gasteiger partial charge in [-0.1, -0.05) is 11.6 Å². The summed E-state index contributed by atoms with van der Waals surface area (Å²) >= 11 is 6.09. The van der Waals surface area contributed by atoms with Gasteiger partial charge < -0.3 is 20.1 Å². The highest BCUT2D eigenvalue weighted by atomic mass is 35.5. The maximum Gasteiger partial charge on any atom is 0.490 e. The molecule has 1 saturated carbocycles. The summed E-state index contributed by atoms with van der Waals surface area (Å²) in [6.07, 6.45) is 0.656. The molecule has 3 heterocycles. The second-order valence-electron chi connectivity index (χ2n) is 8.88. The maximum atomic E-state index is 12.8. The Hall–Kier alpha value is -3.52. The van der Waals surface area contributed by atoms with Crippen molar-refractivity contribution in [2.75, 3.05) is 36.4 Å². The van der Waals surface area contributed by atoms with Gasteiger partial charge in [0, 0.05) is 55.5 Å². The molecule has 0 amide bonds. The number of hydrogen-bond acceptors (Lipinski definition) is 8. The summed E-state index contributed by atoms with van der Waals surface area (Å²) in [4.78, 5) is 27.1. The van der Waals surface area contributed by atoms with Gasteiger partial charge in [0.05, 0.1) is 11.7 Å². The van der Waals surface area contributed by atoms with Crippen molar-refractivity contribution in [3.63, 3.8) is 0 Å². The third-order valence-corrected chi connectivity index (χ3v) is 6.15. The molecule has 9 nitrogen and oxygen atoms in total. The fourth-order valence-electron chi connectivity index (χ4n) is 3.88. The monoisotopic (exact) mass is 574 g/mol. The molecule has 1 aliphatic carbocycles. The number of pyridine rings is 1. The number of piperazine rings is 1. The van der Waals surface area contributed by atoms with Crippen molar-refractivity contribution in [1.29, 1.82) is 0 Å². The predicted octanol–water partition coefficient (Wildman–Crippen LogP) is 4.81. The number of benzene rings is 1. The number of carbonyl (C=O) groups is 1. The van der Waals surface area contributed by atoms with Gasteiger partial charge >= 0.3 is 18.8 Å². The summed E-state index contributed by atoms with van der Waals surface area (Å²) in [5, 5.41) is 11.1. The number of ether oxygens (including phenoxy) is 1. The first kappa shape index (κ1) is 28.5. The Balaban J connectivity index is 0.000000448. The number of rotatable bonds is 7. The van der Waals surface area contributed by atoms with Crippen LogP contribution in [0.4, 0.5) is 33.6 Å². The summed E-state index contributed by atoms with van der Waals surface area (Å²) in [6, 6.07) is 7.06. The van der Waals surface area contributed by atoms with E-state index in [4.69, 9.17) is 31.5 Å². The van der Waals surface area contributed by atoms with Crippen molar-refractivity contribution < 1.29 is 36.6 Å². The fourth-order valence-corrected chi connectivity index (χ4v) is 4.07. The Bertz CT molecular complexity index is 1300. The van der Waals surface area contributed by atoms with Gasteiger partial charge in [-0.25, -0.2) is 14.8 Å². The van der Waals surface area contributed by atoms with Crippen LogP contribution in [0.2, 0.25) is 5.02 Å². The number of aromatic nitrogens is 3. The molecule has 2 aromatic heterocycles. The van der Waals surface area contributed by atoms with Gasteiger partial charge in [0.2, 0.25) is 0 Å². The lowest BCUT2D eigenvalue weighted by Gasteiger charge is -2.36. The van der Waals surface area contributed by atoms with E-state index >= 15 is 0 Å². The van der Waals surface area contributed by atoms with Gasteiger partial charge in [-0.2, -0.15) is 22.0 Å². The Labute approximate surface area is 224 Å². The van der Waals surface area contributed by atoms with Crippen molar-refractivity contribution in [2.24, 2.45) is 0 Å². The van der Waals surface area contributed by atoms with Gasteiger partial charge in [-0.05, 0) is 37.1 Å². The Morgan fingerprint density at radius 1 is 1.13 bits per heavy atom. The second-order valence-corrected chi connectivity index (χ2v) is 9.31. The standard InChI is InChI=1S/C22H23ClF2N6O.C2HF3O2/c23-15-1-4-19(32-22(24)25)14(11-15)13-30-7-9-31(10-8-30)21-20(27-16-2-3-16)28-17-5-6-26-12-18(17)29-21;3-2(4,5)1(6)7/h1,4-6,11-12,16,22H,2-3,7-10,13H2,(H,27,28);(H,6,7). The van der Waals surface area contributed by atoms with E-state index in [0.717, 1.165) is 61.7 Å². The molecule has 3 aromatic rings. The quantitative estimate of drug-likeness (QED) is 0.385. The molecule has 1 aromatic carbocycles. The fraction of sp³-hybridized carbons (Fsp3) is 0.417. The van der Waals surface area contributed by atoms with E-state index < -0.39 is 18.8 Å². The molecule has 1 aliphatic heterocycles. The molecule has 0 bridgehead atoms. The van der Waals surface area contributed by atoms with Crippen molar-refractivity contribution in [1.82, 2.24) is 19.9 Å². The maximum absolute atomic E-state index is 12.8. The highest BCUT2D eigenvalue weighted by Crippen LogP contribution is 2.32. The van der Waals surface area contributed by atoms with Crippen molar-refractivity contribution in [3.8, 4) is 5.75 Å². The number of halogens is 6. The minimum Gasteiger partial charge on any atom is -0.475 e. The van der Waals surface area contributed by atoms with Crippen LogP contribution in [-0.2, 0) is 11.3 Å². The lowest BCUT2D eigenvalue weighted by atomic mass is 10.1. The molecule has 0 unspecified atom stereocenters. The first-order valence-corrected chi connectivity index (χ1v) is 12.3. The van der Waals surface area contributed by atoms with Crippen LogP contribution in [0.5, 0.6) is 5.75 Å². The first-order chi connectivity index (χ1) is 18.5. The number of alkyl halides is 5. The molecule has 1 saturated heterocycles. The third-order valence-electron chi connectivity index (χ3n) is 5.91. The minimum absolute atomic E-state index is 0.163. The number of nitrogens with zero attached hydrogens (tertiary/aromatic N) is 5. The molecule has 2 fully saturated rings. The molecule has 0 radical (unpaired) electrons. The lowest BCUT2D eigenvalue weighted by Crippen LogP contribution is -2.46. The third kappa shape index (κ3) is 7.99. The number of aliphatic carboxylic acids is 1. The van der Waals surface area contributed by atoms with E-state index in [0.29, 0.717) is 23.2 Å². The van der Waals surface area contributed by atoms with Gasteiger partial charge in [0.1, 0.15) is 11.3 Å². The number of fused-ring (bicyclic) bond motifs is 1. The summed E-state index contributed by atoms with van der Waals surface area (Å²) < 4.78 is 61.9. The summed E-state index contributed by atoms with van der Waals surface area (Å²) in [7, 11) is 0. The van der Waals surface area contributed by atoms with Crippen LogP contribution in [0.1, 0.15) is 18.4 Å². The molecule has 0 spiro atoms. The Kier molecular flexibility index (Phi) is 8.85. The number of nitrogens with one attached hydrogen (secondary N) is 1. The van der Waals surface area contributed by atoms with E-state index in [2.05, 4.69) is 24.8 Å². The number of carboxylic acid groups (broad SMARTS) is 1. The van der Waals surface area contributed by atoms with Crippen LogP contribution >= 0.6 is 11.6 Å². The van der Waals surface area contributed by atoms with Crippen molar-refractivity contribution in [3.05, 3.63) is 47.2 Å². The molecule has 39 heavy (non-hydrogen) atoms. The normalized spacial score (nSPS) is 16.1. The smallest absolute Gasteiger partial charge is 0.475 e. The van der Waals surface area contributed by atoms with Crippen LogP contribution < -0.4 is 15.0 Å². The van der Waals surface area contributed by atoms with Crippen LogP contribution in [0.25, 0.3) is 11.0 Å². The molecule has 2 aliphatic rings. The summed E-state index contributed by atoms with van der Waals surface area (Å²) in [5.41, 5.74) is 2.23. The van der Waals surface area contributed by atoms with E-state index in [-0.39, 0.29) is 5.75 Å². The van der Waals surface area contributed by atoms with E-state index in [9.17, 15) is 22.0 Å². The number of carboxylic acids is 1. The first-order valence-electron chi connectivity index (χ1n) is 11.9. The minimum atomic E-state index is -5.08. The van der Waals surface area contributed by atoms with E-state index in [1.807, 2.05) is 6.07 Å². The predicted molar refractivity (Wildman–Crippen MR) is 133 cm³/mol. The van der Waals surface area contributed by atoms with Crippen LogP contribution in [0.15, 0.2) is 36.7 Å². The molecular formula is C24H24ClF5N6O3. The van der Waals surface area contributed by atoms with Crippen LogP contribution in [0.3, 0.4) is 0 Å². The van der Waals surface area contributed by atoms with Gasteiger partial charge in [-0.3, -0.25) is 9.88 Å². The Morgan fingerprint density at radius 2 is 1.82 bits per heavy atom. The van der Waals surface area contributed by atoms with Gasteiger partial charge in [0.25, 0.3) is 0 Å². The van der Waals surface area contributed by atoms with Crippen molar-refractivity contribution in [2.45, 2.75) is 38.2 Å². The zero-order valence-corrected chi connectivity index (χ0v) is 21.1. The highest BCUT2D eigenvalue weighted by Gasteiger charge is 2.38. The highest BCUT2D eigenvalue weighted by molar-refractivity contribution is 6.30. The summed E-state index contributed by atoms with van der Waals surface area (Å²) in [6.45, 7) is 0.588. The molecule has 210 valence electrons. The molecule has 2 N–H and O–H groups in total. The SMILES string of the molecule is FC(F)Oc1ccc(Cl)cc1CN1CCN(c2nc3cnccc3nc2NC2CC2)CC1.O=C(O)C(F)(F)F. The lowest BCUT2D eigenvalue weighted by molar-refractivity contribution is -0.192. The zero-order valence-electron chi connectivity index (χ0n) is 20.3. The van der Waals surface area contributed by atoms with E-state index in [1.54, 1.807) is 24.5 Å². The number of anilines is 2. The average molecular weight is 575 g/mol. The van der Waals surface area contributed by atoms with Crippen molar-refractivity contribution >= 4 is 40.2 Å². The Morgan fingerprint density at radius 3 is 2.44 bits per heavy atom. The second kappa shape index (κ2) is 12.1. The van der Waals surface area contributed by atoms with Crippen LogP contribution in [0, 0.1) is 0 Å². The van der Waals surface area contributed by atoms with Crippen LogP contribution in [-0.4, -0.2) is 75.9 Å². The largest absolute Gasteiger partial charge is 0.490 e. The summed E-state index contributed by atoms with van der Waals surface area (Å²) in [5.74, 6) is -0.952. The zero-order chi connectivity index (χ0) is 28.2. The molecule has 0 atom stereocenters. The van der Waals surface area contributed by atoms with E-state index in [1.165, 1.54) is 6.07 Å². The molecule has 15 heteroatoms.